The molecule has 12 rings (SSSR count). The number of fused-ring (bicyclic) bond motifs is 9. The molecule has 0 spiro atoms. The van der Waals surface area contributed by atoms with Gasteiger partial charge in [-0.3, -0.25) is 0 Å². The molecule has 1 nitrogen and oxygen atoms in total. The lowest BCUT2D eigenvalue weighted by Gasteiger charge is -2.33. The molecule has 9 aromatic rings. The van der Waals surface area contributed by atoms with Crippen molar-refractivity contribution in [3.63, 3.8) is 0 Å². The van der Waals surface area contributed by atoms with E-state index in [4.69, 9.17) is 0 Å². The SMILES string of the molecule is CC.CC1(C)c2ccccc2-c2ccc(N(c3ccc(-c4ccc5c(c4)-c4ccccc4C5(c4ccccc4)c4ccccc4)cc3)c3ccc4c(c3)C(C)(C)c3ccccc3-4)cc21. The van der Waals surface area contributed by atoms with Gasteiger partial charge < -0.3 is 4.90 Å². The second-order valence-electron chi connectivity index (χ2n) is 18.5. The number of anilines is 3. The number of benzene rings is 9. The van der Waals surface area contributed by atoms with E-state index in [0.717, 1.165) is 17.1 Å². The van der Waals surface area contributed by atoms with E-state index in [2.05, 4.69) is 245 Å². The first kappa shape index (κ1) is 39.6. The van der Waals surface area contributed by atoms with Crippen LogP contribution in [0.5, 0.6) is 0 Å². The van der Waals surface area contributed by atoms with Crippen LogP contribution < -0.4 is 4.90 Å². The second kappa shape index (κ2) is 15.0. The van der Waals surface area contributed by atoms with Gasteiger partial charge in [-0.2, -0.15) is 0 Å². The van der Waals surface area contributed by atoms with E-state index >= 15 is 0 Å². The molecule has 0 fully saturated rings. The molecule has 64 heavy (non-hydrogen) atoms. The summed E-state index contributed by atoms with van der Waals surface area (Å²) in [6, 6.07) is 79.6. The first-order chi connectivity index (χ1) is 31.3. The van der Waals surface area contributed by atoms with E-state index < -0.39 is 5.41 Å². The van der Waals surface area contributed by atoms with Gasteiger partial charge in [0.1, 0.15) is 0 Å². The quantitative estimate of drug-likeness (QED) is 0.161. The Balaban J connectivity index is 0.00000225. The molecule has 0 saturated carbocycles. The zero-order valence-corrected chi connectivity index (χ0v) is 37.7. The molecular formula is C63H53N. The smallest absolute Gasteiger partial charge is 0.0713 e. The third kappa shape index (κ3) is 5.70. The van der Waals surface area contributed by atoms with Crippen LogP contribution in [-0.2, 0) is 16.2 Å². The predicted octanol–water partition coefficient (Wildman–Crippen LogP) is 16.8. The molecule has 0 unspecified atom stereocenters. The van der Waals surface area contributed by atoms with Gasteiger partial charge in [0, 0.05) is 27.9 Å². The maximum atomic E-state index is 2.47. The highest BCUT2D eigenvalue weighted by Gasteiger charge is 2.46. The van der Waals surface area contributed by atoms with E-state index in [9.17, 15) is 0 Å². The number of rotatable bonds is 6. The van der Waals surface area contributed by atoms with Crippen molar-refractivity contribution in [3.05, 3.63) is 257 Å². The Morgan fingerprint density at radius 3 is 1.16 bits per heavy atom. The average Bonchev–Trinajstić information content (AvgIpc) is 3.87. The van der Waals surface area contributed by atoms with E-state index in [0.29, 0.717) is 0 Å². The minimum atomic E-state index is -0.408. The molecule has 0 atom stereocenters. The van der Waals surface area contributed by atoms with Crippen LogP contribution in [0.1, 0.15) is 86.1 Å². The van der Waals surface area contributed by atoms with Gasteiger partial charge in [0.05, 0.1) is 5.41 Å². The molecular weight excluding hydrogens is 771 g/mol. The Morgan fingerprint density at radius 2 is 0.656 bits per heavy atom. The highest BCUT2D eigenvalue weighted by molar-refractivity contribution is 5.91. The standard InChI is InChI=1S/C61H47N.C2H6/c1-59(2)53-24-14-11-21-47(53)50-34-32-45(38-57(50)59)62(46-33-35-51-48-22-12-15-25-54(48)60(3,4)58(51)39-46)44-30-27-40(28-31-44)41-29-36-56-52(37-41)49-23-13-16-26-55(49)61(56,42-17-7-5-8-18-42)43-19-9-6-10-20-43;1-2/h5-39H,1-4H3;1-2H3. The first-order valence-electron chi connectivity index (χ1n) is 23.0. The van der Waals surface area contributed by atoms with Crippen molar-refractivity contribution in [2.45, 2.75) is 57.8 Å². The fourth-order valence-corrected chi connectivity index (χ4v) is 11.5. The summed E-state index contributed by atoms with van der Waals surface area (Å²) >= 11 is 0. The van der Waals surface area contributed by atoms with Crippen molar-refractivity contribution < 1.29 is 0 Å². The molecule has 3 aliphatic carbocycles. The molecule has 310 valence electrons. The van der Waals surface area contributed by atoms with E-state index in [1.54, 1.807) is 0 Å². The lowest BCUT2D eigenvalue weighted by atomic mass is 9.67. The summed E-state index contributed by atoms with van der Waals surface area (Å²) in [4.78, 5) is 2.47. The van der Waals surface area contributed by atoms with Crippen molar-refractivity contribution in [2.24, 2.45) is 0 Å². The van der Waals surface area contributed by atoms with Crippen LogP contribution in [-0.4, -0.2) is 0 Å². The largest absolute Gasteiger partial charge is 0.310 e. The van der Waals surface area contributed by atoms with Gasteiger partial charge in [0.25, 0.3) is 0 Å². The molecule has 0 aromatic heterocycles. The van der Waals surface area contributed by atoms with Gasteiger partial charge in [0.15, 0.2) is 0 Å². The minimum Gasteiger partial charge on any atom is -0.310 e. The Bertz CT molecular complexity index is 3080. The van der Waals surface area contributed by atoms with Crippen LogP contribution >= 0.6 is 0 Å². The maximum Gasteiger partial charge on any atom is 0.0713 e. The number of hydrogen-bond acceptors (Lipinski definition) is 1. The Morgan fingerprint density at radius 1 is 0.281 bits per heavy atom. The monoisotopic (exact) mass is 823 g/mol. The third-order valence-corrected chi connectivity index (χ3v) is 14.6. The fraction of sp³-hybridized carbons (Fsp3) is 0.143. The van der Waals surface area contributed by atoms with Crippen molar-refractivity contribution in [1.82, 2.24) is 0 Å². The van der Waals surface area contributed by atoms with E-state index in [1.165, 1.54) is 89.0 Å². The van der Waals surface area contributed by atoms with Gasteiger partial charge in [0.2, 0.25) is 0 Å². The first-order valence-corrected chi connectivity index (χ1v) is 23.0. The maximum absolute atomic E-state index is 2.47. The fourth-order valence-electron chi connectivity index (χ4n) is 11.5. The van der Waals surface area contributed by atoms with Gasteiger partial charge in [-0.25, -0.2) is 0 Å². The second-order valence-corrected chi connectivity index (χ2v) is 18.5. The van der Waals surface area contributed by atoms with Crippen molar-refractivity contribution >= 4 is 17.1 Å². The third-order valence-electron chi connectivity index (χ3n) is 14.6. The Hall–Kier alpha value is -7.22. The molecule has 3 aliphatic rings. The van der Waals surface area contributed by atoms with Crippen molar-refractivity contribution in [1.29, 1.82) is 0 Å². The van der Waals surface area contributed by atoms with Crippen LogP contribution in [0, 0.1) is 0 Å². The van der Waals surface area contributed by atoms with Gasteiger partial charge in [-0.05, 0) is 131 Å². The molecule has 0 N–H and O–H groups in total. The Kier molecular flexibility index (Phi) is 9.26. The molecule has 0 aliphatic heterocycles. The van der Waals surface area contributed by atoms with Gasteiger partial charge in [-0.15, -0.1) is 0 Å². The summed E-state index contributed by atoms with van der Waals surface area (Å²) in [6.07, 6.45) is 0. The van der Waals surface area contributed by atoms with Crippen LogP contribution in [0.3, 0.4) is 0 Å². The summed E-state index contributed by atoms with van der Waals surface area (Å²) in [6.45, 7) is 13.5. The highest BCUT2D eigenvalue weighted by atomic mass is 15.1. The van der Waals surface area contributed by atoms with Gasteiger partial charge >= 0.3 is 0 Å². The summed E-state index contributed by atoms with van der Waals surface area (Å²) in [5.74, 6) is 0. The molecule has 0 heterocycles. The number of nitrogens with zero attached hydrogens (tertiary/aromatic N) is 1. The van der Waals surface area contributed by atoms with Crippen LogP contribution in [0.4, 0.5) is 17.1 Å². The summed E-state index contributed by atoms with van der Waals surface area (Å²) < 4.78 is 0. The van der Waals surface area contributed by atoms with Crippen molar-refractivity contribution in [2.75, 3.05) is 4.90 Å². The molecule has 0 bridgehead atoms. The van der Waals surface area contributed by atoms with Crippen molar-refractivity contribution in [3.8, 4) is 44.5 Å². The molecule has 1 heteroatoms. The van der Waals surface area contributed by atoms with E-state index in [-0.39, 0.29) is 10.8 Å². The zero-order valence-electron chi connectivity index (χ0n) is 37.7. The highest BCUT2D eigenvalue weighted by Crippen LogP contribution is 2.57. The summed E-state index contributed by atoms with van der Waals surface area (Å²) in [5, 5.41) is 0. The average molecular weight is 824 g/mol. The topological polar surface area (TPSA) is 3.24 Å². The molecule has 9 aromatic carbocycles. The predicted molar refractivity (Wildman–Crippen MR) is 270 cm³/mol. The number of hydrogen-bond donors (Lipinski definition) is 0. The lowest BCUT2D eigenvalue weighted by Crippen LogP contribution is -2.28. The molecule has 0 saturated heterocycles. The van der Waals surface area contributed by atoms with Gasteiger partial charge in [-0.1, -0.05) is 211 Å². The molecule has 0 radical (unpaired) electrons. The van der Waals surface area contributed by atoms with Crippen LogP contribution in [0.15, 0.2) is 212 Å². The van der Waals surface area contributed by atoms with Crippen LogP contribution in [0.2, 0.25) is 0 Å². The zero-order chi connectivity index (χ0) is 43.8. The van der Waals surface area contributed by atoms with Crippen LogP contribution in [0.25, 0.3) is 44.5 Å². The lowest BCUT2D eigenvalue weighted by molar-refractivity contribution is 0.660. The Labute approximate surface area is 379 Å². The normalized spacial score (nSPS) is 14.8. The van der Waals surface area contributed by atoms with E-state index in [1.807, 2.05) is 13.8 Å². The minimum absolute atomic E-state index is 0.107. The molecule has 0 amide bonds. The summed E-state index contributed by atoms with van der Waals surface area (Å²) in [5.41, 5.74) is 23.9. The summed E-state index contributed by atoms with van der Waals surface area (Å²) in [7, 11) is 0.